The van der Waals surface area contributed by atoms with Gasteiger partial charge in [0.15, 0.2) is 0 Å². The average molecular weight is 448 g/mol. The summed E-state index contributed by atoms with van der Waals surface area (Å²) in [5.41, 5.74) is 0.595. The van der Waals surface area contributed by atoms with Gasteiger partial charge in [0.1, 0.15) is 0 Å². The SMILES string of the molecule is C=c1c2cccc3cccc(c(=O)n1CC(O)CN1C(=O)c4cccc5cccc(c45)C1=O)c32. The van der Waals surface area contributed by atoms with Crippen molar-refractivity contribution in [2.45, 2.75) is 12.6 Å². The van der Waals surface area contributed by atoms with Crippen LogP contribution in [0, 0.1) is 0 Å². The second-order valence-corrected chi connectivity index (χ2v) is 8.66. The molecule has 0 radical (unpaired) electrons. The smallest absolute Gasteiger partial charge is 0.261 e. The highest BCUT2D eigenvalue weighted by Crippen LogP contribution is 2.30. The molecule has 1 N–H and O–H groups in total. The van der Waals surface area contributed by atoms with Gasteiger partial charge in [-0.05, 0) is 29.0 Å². The maximum atomic E-state index is 13.3. The van der Waals surface area contributed by atoms with Gasteiger partial charge in [0.25, 0.3) is 17.4 Å². The van der Waals surface area contributed by atoms with Crippen LogP contribution in [0.5, 0.6) is 0 Å². The molecule has 6 heteroatoms. The third-order valence-electron chi connectivity index (χ3n) is 6.66. The van der Waals surface area contributed by atoms with Crippen LogP contribution in [-0.4, -0.2) is 39.0 Å². The molecule has 5 aromatic rings. The van der Waals surface area contributed by atoms with E-state index in [0.29, 0.717) is 27.2 Å². The van der Waals surface area contributed by atoms with E-state index in [0.717, 1.165) is 26.4 Å². The van der Waals surface area contributed by atoms with E-state index < -0.39 is 17.9 Å². The van der Waals surface area contributed by atoms with Crippen LogP contribution in [0.2, 0.25) is 0 Å². The first kappa shape index (κ1) is 20.3. The van der Waals surface area contributed by atoms with Gasteiger partial charge in [-0.15, -0.1) is 0 Å². The van der Waals surface area contributed by atoms with Crippen LogP contribution >= 0.6 is 0 Å². The molecule has 1 aromatic heterocycles. The van der Waals surface area contributed by atoms with Crippen molar-refractivity contribution in [3.63, 3.8) is 0 Å². The summed E-state index contributed by atoms with van der Waals surface area (Å²) in [4.78, 5) is 40.6. The van der Waals surface area contributed by atoms with Crippen molar-refractivity contribution in [3.05, 3.63) is 99.6 Å². The zero-order valence-electron chi connectivity index (χ0n) is 18.2. The molecule has 2 amide bonds. The maximum absolute atomic E-state index is 13.3. The largest absolute Gasteiger partial charge is 0.389 e. The van der Waals surface area contributed by atoms with Gasteiger partial charge in [0.2, 0.25) is 0 Å². The number of nitrogens with zero attached hydrogens (tertiary/aromatic N) is 2. The summed E-state index contributed by atoms with van der Waals surface area (Å²) in [5, 5.41) is 16.0. The van der Waals surface area contributed by atoms with Crippen LogP contribution in [0.4, 0.5) is 0 Å². The Labute approximate surface area is 193 Å². The Hall–Kier alpha value is -4.29. The van der Waals surface area contributed by atoms with E-state index in [1.807, 2.05) is 42.5 Å². The Kier molecular flexibility index (Phi) is 4.40. The topological polar surface area (TPSA) is 79.6 Å². The van der Waals surface area contributed by atoms with Gasteiger partial charge < -0.3 is 9.67 Å². The molecule has 34 heavy (non-hydrogen) atoms. The first-order valence-corrected chi connectivity index (χ1v) is 11.0. The molecule has 0 fully saturated rings. The minimum absolute atomic E-state index is 0.0920. The summed E-state index contributed by atoms with van der Waals surface area (Å²) >= 11 is 0. The number of β-amino-alcohol motifs (C(OH)–C–C–N with tert-alkyl or cyclic N) is 1. The van der Waals surface area contributed by atoms with Crippen molar-refractivity contribution < 1.29 is 14.7 Å². The van der Waals surface area contributed by atoms with Crippen LogP contribution in [0.3, 0.4) is 0 Å². The monoisotopic (exact) mass is 448 g/mol. The average Bonchev–Trinajstić information content (AvgIpc) is 2.86. The predicted molar refractivity (Wildman–Crippen MR) is 132 cm³/mol. The summed E-state index contributed by atoms with van der Waals surface area (Å²) in [5.74, 6) is -0.903. The third kappa shape index (κ3) is 2.82. The number of imide groups is 1. The number of carbonyl (C=O) groups excluding carboxylic acids is 2. The summed E-state index contributed by atoms with van der Waals surface area (Å²) in [6.45, 7) is 3.78. The summed E-state index contributed by atoms with van der Waals surface area (Å²) < 4.78 is 1.43. The quantitative estimate of drug-likeness (QED) is 0.429. The van der Waals surface area contributed by atoms with Gasteiger partial charge >= 0.3 is 0 Å². The van der Waals surface area contributed by atoms with Gasteiger partial charge in [-0.3, -0.25) is 19.3 Å². The summed E-state index contributed by atoms with van der Waals surface area (Å²) in [7, 11) is 0. The fourth-order valence-electron chi connectivity index (χ4n) is 5.09. The van der Waals surface area contributed by atoms with Gasteiger partial charge in [0, 0.05) is 38.0 Å². The Morgan fingerprint density at radius 2 is 1.24 bits per heavy atom. The molecule has 1 aliphatic rings. The lowest BCUT2D eigenvalue weighted by Gasteiger charge is -2.29. The second kappa shape index (κ2) is 7.37. The molecule has 1 atom stereocenters. The van der Waals surface area contributed by atoms with Crippen LogP contribution in [0.25, 0.3) is 38.9 Å². The first-order valence-electron chi connectivity index (χ1n) is 11.0. The van der Waals surface area contributed by atoms with E-state index in [2.05, 4.69) is 6.58 Å². The van der Waals surface area contributed by atoms with E-state index in [1.54, 1.807) is 30.3 Å². The molecule has 2 heterocycles. The lowest BCUT2D eigenvalue weighted by Crippen LogP contribution is -2.47. The molecule has 0 spiro atoms. The predicted octanol–water partition coefficient (Wildman–Crippen LogP) is 3.09. The molecule has 1 aliphatic heterocycles. The zero-order chi connectivity index (χ0) is 23.6. The number of hydrogen-bond acceptors (Lipinski definition) is 4. The van der Waals surface area contributed by atoms with Crippen LogP contribution < -0.4 is 10.9 Å². The van der Waals surface area contributed by atoms with Crippen molar-refractivity contribution in [1.29, 1.82) is 0 Å². The molecule has 1 unspecified atom stereocenters. The standard InChI is InChI=1S/C28H20N2O4/c1-16-20-10-2-6-17-7-3-11-21(24(17)20)26(32)29(16)14-19(31)15-30-27(33)22-12-4-8-18-9-5-13-23(25(18)22)28(30)34/h2-13,19,31H,1,14-15H2. The molecule has 0 aliphatic carbocycles. The number of carbonyl (C=O) groups is 2. The minimum atomic E-state index is -1.15. The Bertz CT molecular complexity index is 1660. The number of benzene rings is 4. The lowest BCUT2D eigenvalue weighted by molar-refractivity contribution is 0.0477. The first-order chi connectivity index (χ1) is 16.5. The number of amides is 2. The summed E-state index contributed by atoms with van der Waals surface area (Å²) in [6.07, 6.45) is -1.15. The van der Waals surface area contributed by atoms with Crippen LogP contribution in [-0.2, 0) is 6.54 Å². The van der Waals surface area contributed by atoms with Gasteiger partial charge in [0.05, 0.1) is 19.2 Å². The number of aliphatic hydroxyl groups excluding tert-OH is 1. The number of aromatic nitrogens is 1. The molecular weight excluding hydrogens is 428 g/mol. The van der Waals surface area contributed by atoms with E-state index in [-0.39, 0.29) is 18.6 Å². The molecule has 0 saturated heterocycles. The van der Waals surface area contributed by atoms with Crippen LogP contribution in [0.1, 0.15) is 20.7 Å². The minimum Gasteiger partial charge on any atom is -0.389 e. The zero-order valence-corrected chi connectivity index (χ0v) is 18.2. The van der Waals surface area contributed by atoms with Gasteiger partial charge in [-0.1, -0.05) is 61.2 Å². The molecule has 166 valence electrons. The highest BCUT2D eigenvalue weighted by molar-refractivity contribution is 6.25. The fourth-order valence-corrected chi connectivity index (χ4v) is 5.09. The van der Waals surface area contributed by atoms with E-state index in [1.165, 1.54) is 4.57 Å². The number of pyridine rings is 1. The molecular formula is C28H20N2O4. The van der Waals surface area contributed by atoms with Crippen molar-refractivity contribution in [2.75, 3.05) is 6.54 Å². The van der Waals surface area contributed by atoms with Crippen molar-refractivity contribution >= 4 is 50.7 Å². The molecule has 6 rings (SSSR count). The van der Waals surface area contributed by atoms with Gasteiger partial charge in [-0.25, -0.2) is 0 Å². The van der Waals surface area contributed by atoms with Crippen molar-refractivity contribution in [1.82, 2.24) is 9.47 Å². The maximum Gasteiger partial charge on any atom is 0.261 e. The highest BCUT2D eigenvalue weighted by Gasteiger charge is 2.34. The van der Waals surface area contributed by atoms with Crippen molar-refractivity contribution in [3.8, 4) is 0 Å². The number of aliphatic hydroxyl groups is 1. The normalized spacial score (nSPS) is 14.4. The van der Waals surface area contributed by atoms with E-state index >= 15 is 0 Å². The molecule has 6 nitrogen and oxygen atoms in total. The van der Waals surface area contributed by atoms with E-state index in [4.69, 9.17) is 0 Å². The molecule has 0 saturated carbocycles. The number of hydrogen-bond donors (Lipinski definition) is 1. The number of rotatable bonds is 4. The summed E-state index contributed by atoms with van der Waals surface area (Å²) in [6, 6.07) is 21.9. The molecule has 0 bridgehead atoms. The molecule has 4 aromatic carbocycles. The second-order valence-electron chi connectivity index (χ2n) is 8.66. The Morgan fingerprint density at radius 1 is 0.706 bits per heavy atom. The van der Waals surface area contributed by atoms with Crippen molar-refractivity contribution in [2.24, 2.45) is 0 Å². The third-order valence-corrected chi connectivity index (χ3v) is 6.66. The van der Waals surface area contributed by atoms with E-state index in [9.17, 15) is 19.5 Å². The Morgan fingerprint density at radius 3 is 1.85 bits per heavy atom. The fraction of sp³-hybridized carbons (Fsp3) is 0.107. The Balaban J connectivity index is 1.37. The highest BCUT2D eigenvalue weighted by atomic mass is 16.3. The van der Waals surface area contributed by atoms with Gasteiger partial charge in [-0.2, -0.15) is 0 Å². The van der Waals surface area contributed by atoms with Crippen LogP contribution in [0.15, 0.2) is 77.6 Å². The lowest BCUT2D eigenvalue weighted by atomic mass is 9.94.